The number of likely N-dealkylation sites (tertiary alicyclic amines) is 1. The van der Waals surface area contributed by atoms with Gasteiger partial charge >= 0.3 is 6.03 Å². The van der Waals surface area contributed by atoms with Crippen molar-refractivity contribution in [1.82, 2.24) is 10.2 Å². The fourth-order valence-corrected chi connectivity index (χ4v) is 4.05. The predicted octanol–water partition coefficient (Wildman–Crippen LogP) is 3.69. The molecule has 0 saturated carbocycles. The monoisotopic (exact) mass is 423 g/mol. The molecular weight excluding hydrogens is 394 g/mol. The number of carbonyl (C=O) groups is 2. The second kappa shape index (κ2) is 9.73. The predicted molar refractivity (Wildman–Crippen MR) is 119 cm³/mol. The van der Waals surface area contributed by atoms with E-state index in [9.17, 15) is 9.59 Å². The van der Waals surface area contributed by atoms with Crippen LogP contribution in [0.15, 0.2) is 42.5 Å². The topological polar surface area (TPSA) is 79.9 Å². The van der Waals surface area contributed by atoms with Crippen LogP contribution >= 0.6 is 0 Å². The Hall–Kier alpha value is -3.22. The van der Waals surface area contributed by atoms with Crippen molar-refractivity contribution in [3.05, 3.63) is 53.6 Å². The van der Waals surface area contributed by atoms with E-state index in [1.807, 2.05) is 48.2 Å². The summed E-state index contributed by atoms with van der Waals surface area (Å²) in [4.78, 5) is 26.4. The van der Waals surface area contributed by atoms with Crippen molar-refractivity contribution in [2.24, 2.45) is 5.92 Å². The number of fused-ring (bicyclic) bond motifs is 1. The summed E-state index contributed by atoms with van der Waals surface area (Å²) in [5.41, 5.74) is 2.51. The maximum Gasteiger partial charge on any atom is 0.317 e. The molecule has 0 unspecified atom stereocenters. The number of ether oxygens (including phenoxy) is 2. The highest BCUT2D eigenvalue weighted by Crippen LogP contribution is 2.32. The second-order valence-electron chi connectivity index (χ2n) is 7.98. The van der Waals surface area contributed by atoms with E-state index in [-0.39, 0.29) is 11.9 Å². The molecule has 4 rings (SSSR count). The quantitative estimate of drug-likeness (QED) is 0.769. The minimum Gasteiger partial charge on any atom is -0.486 e. The van der Waals surface area contributed by atoms with Crippen LogP contribution in [0.5, 0.6) is 11.5 Å². The van der Waals surface area contributed by atoms with E-state index in [1.54, 1.807) is 6.07 Å². The number of urea groups is 1. The third-order valence-corrected chi connectivity index (χ3v) is 5.77. The summed E-state index contributed by atoms with van der Waals surface area (Å²) in [6.07, 6.45) is 2.97. The molecule has 0 spiro atoms. The van der Waals surface area contributed by atoms with Crippen LogP contribution in [0, 0.1) is 5.92 Å². The van der Waals surface area contributed by atoms with Crippen molar-refractivity contribution in [1.29, 1.82) is 0 Å². The maximum absolute atomic E-state index is 12.6. The molecular formula is C24H29N3O4. The summed E-state index contributed by atoms with van der Waals surface area (Å²) in [6.45, 7) is 5.24. The molecule has 2 heterocycles. The molecule has 7 heteroatoms. The van der Waals surface area contributed by atoms with Crippen LogP contribution < -0.4 is 20.1 Å². The molecule has 2 aromatic carbocycles. The number of rotatable bonds is 5. The first-order chi connectivity index (χ1) is 15.1. The van der Waals surface area contributed by atoms with Crippen LogP contribution in [0.4, 0.5) is 10.5 Å². The van der Waals surface area contributed by atoms with Crippen LogP contribution in [0.2, 0.25) is 0 Å². The number of anilines is 1. The molecule has 2 aliphatic heterocycles. The molecule has 1 saturated heterocycles. The lowest BCUT2D eigenvalue weighted by Gasteiger charge is -2.32. The van der Waals surface area contributed by atoms with Gasteiger partial charge in [0.2, 0.25) is 0 Å². The summed E-state index contributed by atoms with van der Waals surface area (Å²) in [6, 6.07) is 13.2. The molecule has 0 aromatic heterocycles. The zero-order chi connectivity index (χ0) is 21.6. The Balaban J connectivity index is 1.29. The van der Waals surface area contributed by atoms with Gasteiger partial charge in [-0.2, -0.15) is 0 Å². The first-order valence-corrected chi connectivity index (χ1v) is 10.9. The molecule has 7 nitrogen and oxygen atoms in total. The van der Waals surface area contributed by atoms with Gasteiger partial charge in [0.1, 0.15) is 13.2 Å². The normalized spacial score (nSPS) is 16.0. The molecule has 164 valence electrons. The van der Waals surface area contributed by atoms with Crippen molar-refractivity contribution in [2.45, 2.75) is 26.2 Å². The highest BCUT2D eigenvalue weighted by molar-refractivity contribution is 6.04. The van der Waals surface area contributed by atoms with Gasteiger partial charge in [0, 0.05) is 37.0 Å². The number of hydrogen-bond donors (Lipinski definition) is 2. The number of nitrogens with one attached hydrogen (secondary N) is 2. The summed E-state index contributed by atoms with van der Waals surface area (Å²) in [5.74, 6) is 1.75. The Morgan fingerprint density at radius 2 is 1.71 bits per heavy atom. The molecule has 0 atom stereocenters. The van der Waals surface area contributed by atoms with Crippen molar-refractivity contribution in [3.63, 3.8) is 0 Å². The van der Waals surface area contributed by atoms with E-state index < -0.39 is 0 Å². The molecule has 1 fully saturated rings. The van der Waals surface area contributed by atoms with Crippen LogP contribution in [0.1, 0.15) is 35.7 Å². The Kier molecular flexibility index (Phi) is 6.60. The maximum atomic E-state index is 12.6. The van der Waals surface area contributed by atoms with Crippen LogP contribution in [-0.2, 0) is 6.42 Å². The minimum atomic E-state index is -0.154. The van der Waals surface area contributed by atoms with E-state index in [4.69, 9.17) is 9.47 Å². The van der Waals surface area contributed by atoms with E-state index in [2.05, 4.69) is 10.6 Å². The van der Waals surface area contributed by atoms with Gasteiger partial charge in [-0.25, -0.2) is 4.79 Å². The van der Waals surface area contributed by atoms with Gasteiger partial charge in [0.25, 0.3) is 5.91 Å². The molecule has 0 radical (unpaired) electrons. The van der Waals surface area contributed by atoms with Crippen LogP contribution in [-0.4, -0.2) is 49.7 Å². The molecule has 3 amide bonds. The van der Waals surface area contributed by atoms with Gasteiger partial charge in [-0.1, -0.05) is 12.1 Å². The van der Waals surface area contributed by atoms with Gasteiger partial charge in [-0.05, 0) is 61.9 Å². The van der Waals surface area contributed by atoms with E-state index in [0.717, 1.165) is 32.4 Å². The van der Waals surface area contributed by atoms with Crippen LogP contribution in [0.3, 0.4) is 0 Å². The molecule has 0 aliphatic carbocycles. The zero-order valence-corrected chi connectivity index (χ0v) is 17.9. The lowest BCUT2D eigenvalue weighted by atomic mass is 9.90. The van der Waals surface area contributed by atoms with E-state index in [1.165, 1.54) is 5.56 Å². The fraction of sp³-hybridized carbons (Fsp3) is 0.417. The molecule has 31 heavy (non-hydrogen) atoms. The molecule has 0 bridgehead atoms. The highest BCUT2D eigenvalue weighted by Gasteiger charge is 2.22. The van der Waals surface area contributed by atoms with E-state index in [0.29, 0.717) is 48.4 Å². The Labute approximate surface area is 182 Å². The van der Waals surface area contributed by atoms with Crippen molar-refractivity contribution >= 4 is 17.6 Å². The lowest BCUT2D eigenvalue weighted by molar-refractivity contribution is 0.102. The number of benzene rings is 2. The average Bonchev–Trinajstić information content (AvgIpc) is 2.80. The summed E-state index contributed by atoms with van der Waals surface area (Å²) < 4.78 is 11.1. The fourth-order valence-electron chi connectivity index (χ4n) is 4.05. The SMILES string of the molecule is CCNC(=O)N1CCC(Cc2ccc(C(=O)Nc3ccc4c(c3)OCCO4)cc2)CC1. The second-order valence-corrected chi connectivity index (χ2v) is 7.98. The summed E-state index contributed by atoms with van der Waals surface area (Å²) in [7, 11) is 0. The van der Waals surface area contributed by atoms with Gasteiger partial charge in [-0.3, -0.25) is 4.79 Å². The third-order valence-electron chi connectivity index (χ3n) is 5.77. The van der Waals surface area contributed by atoms with Crippen molar-refractivity contribution < 1.29 is 19.1 Å². The number of hydrogen-bond acceptors (Lipinski definition) is 4. The highest BCUT2D eigenvalue weighted by atomic mass is 16.6. The van der Waals surface area contributed by atoms with E-state index >= 15 is 0 Å². The standard InChI is InChI=1S/C24H29N3O4/c1-2-25-24(29)27-11-9-18(10-12-27)15-17-3-5-19(6-4-17)23(28)26-20-7-8-21-22(16-20)31-14-13-30-21/h3-8,16,18H,2,9-15H2,1H3,(H,25,29)(H,26,28). The number of piperidine rings is 1. The summed E-state index contributed by atoms with van der Waals surface area (Å²) >= 11 is 0. The summed E-state index contributed by atoms with van der Waals surface area (Å²) in [5, 5.41) is 5.78. The van der Waals surface area contributed by atoms with Gasteiger partial charge < -0.3 is 25.0 Å². The lowest BCUT2D eigenvalue weighted by Crippen LogP contribution is -2.44. The average molecular weight is 424 g/mol. The molecule has 2 aliphatic rings. The van der Waals surface area contributed by atoms with Crippen LogP contribution in [0.25, 0.3) is 0 Å². The Bertz CT molecular complexity index is 921. The first-order valence-electron chi connectivity index (χ1n) is 10.9. The minimum absolute atomic E-state index is 0.0364. The number of carbonyl (C=O) groups excluding carboxylic acids is 2. The Morgan fingerprint density at radius 3 is 2.42 bits per heavy atom. The Morgan fingerprint density at radius 1 is 1.00 bits per heavy atom. The van der Waals surface area contributed by atoms with Crippen molar-refractivity contribution in [2.75, 3.05) is 38.2 Å². The molecule has 2 N–H and O–H groups in total. The smallest absolute Gasteiger partial charge is 0.317 e. The first kappa shape index (κ1) is 21.0. The van der Waals surface area contributed by atoms with Gasteiger partial charge in [0.15, 0.2) is 11.5 Å². The van der Waals surface area contributed by atoms with Crippen molar-refractivity contribution in [3.8, 4) is 11.5 Å². The third kappa shape index (κ3) is 5.29. The zero-order valence-electron chi connectivity index (χ0n) is 17.9. The largest absolute Gasteiger partial charge is 0.486 e. The number of amides is 3. The van der Waals surface area contributed by atoms with Gasteiger partial charge in [0.05, 0.1) is 0 Å². The van der Waals surface area contributed by atoms with Gasteiger partial charge in [-0.15, -0.1) is 0 Å². The molecule has 2 aromatic rings. The number of nitrogens with zero attached hydrogens (tertiary/aromatic N) is 1.